The maximum Gasteiger partial charge on any atom is 0.251 e. The number of hydrogen-bond donors (Lipinski definition) is 2. The minimum absolute atomic E-state index is 0.106. The Hall–Kier alpha value is -1.74. The fourth-order valence-corrected chi connectivity index (χ4v) is 5.14. The number of sulfonamides is 1. The van der Waals surface area contributed by atoms with E-state index in [4.69, 9.17) is 0 Å². The van der Waals surface area contributed by atoms with E-state index >= 15 is 0 Å². The SMILES string of the molecule is CCCN1CCC(NC(=O)c2cccc(S(=O)(=O)NCc3cccs3)c2)CC1. The Labute approximate surface area is 171 Å². The van der Waals surface area contributed by atoms with Gasteiger partial charge in [0.1, 0.15) is 0 Å². The maximum atomic E-state index is 12.6. The number of carbonyl (C=O) groups excluding carboxylic acids is 1. The second kappa shape index (κ2) is 9.65. The largest absolute Gasteiger partial charge is 0.349 e. The van der Waals surface area contributed by atoms with Crippen LogP contribution in [0.2, 0.25) is 0 Å². The highest BCUT2D eigenvalue weighted by atomic mass is 32.2. The first-order valence-corrected chi connectivity index (χ1v) is 12.0. The molecule has 0 spiro atoms. The molecule has 1 saturated heterocycles. The van der Waals surface area contributed by atoms with Gasteiger partial charge in [-0.3, -0.25) is 4.79 Å². The number of carbonyl (C=O) groups is 1. The highest BCUT2D eigenvalue weighted by molar-refractivity contribution is 7.89. The molecule has 1 fully saturated rings. The lowest BCUT2D eigenvalue weighted by Crippen LogP contribution is -2.44. The van der Waals surface area contributed by atoms with Crippen molar-refractivity contribution in [1.29, 1.82) is 0 Å². The third-order valence-electron chi connectivity index (χ3n) is 4.89. The molecule has 3 rings (SSSR count). The van der Waals surface area contributed by atoms with Crippen LogP contribution in [0.5, 0.6) is 0 Å². The van der Waals surface area contributed by atoms with Crippen molar-refractivity contribution in [2.45, 2.75) is 43.7 Å². The second-order valence-corrected chi connectivity index (χ2v) is 9.82. The minimum Gasteiger partial charge on any atom is -0.349 e. The monoisotopic (exact) mass is 421 g/mol. The van der Waals surface area contributed by atoms with Gasteiger partial charge in [0.05, 0.1) is 4.90 Å². The fourth-order valence-electron chi connectivity index (χ4n) is 3.35. The molecule has 1 aliphatic rings. The van der Waals surface area contributed by atoms with Crippen LogP contribution < -0.4 is 10.0 Å². The zero-order valence-electron chi connectivity index (χ0n) is 16.1. The molecule has 8 heteroatoms. The predicted molar refractivity (Wildman–Crippen MR) is 112 cm³/mol. The average molecular weight is 422 g/mol. The lowest BCUT2D eigenvalue weighted by Gasteiger charge is -2.32. The zero-order valence-corrected chi connectivity index (χ0v) is 17.7. The van der Waals surface area contributed by atoms with E-state index in [-0.39, 0.29) is 23.4 Å². The van der Waals surface area contributed by atoms with Gasteiger partial charge < -0.3 is 10.2 Å². The molecule has 28 heavy (non-hydrogen) atoms. The van der Waals surface area contributed by atoms with Crippen LogP contribution >= 0.6 is 11.3 Å². The number of amides is 1. The second-order valence-electron chi connectivity index (χ2n) is 7.02. The van der Waals surface area contributed by atoms with Crippen molar-refractivity contribution < 1.29 is 13.2 Å². The molecule has 152 valence electrons. The Morgan fingerprint density at radius 2 is 2.00 bits per heavy atom. The first kappa shape index (κ1) is 21.0. The zero-order chi connectivity index (χ0) is 20.0. The van der Waals surface area contributed by atoms with E-state index in [0.29, 0.717) is 5.56 Å². The molecule has 2 N–H and O–H groups in total. The van der Waals surface area contributed by atoms with E-state index in [1.54, 1.807) is 12.1 Å². The van der Waals surface area contributed by atoms with E-state index in [2.05, 4.69) is 21.9 Å². The quantitative estimate of drug-likeness (QED) is 0.687. The van der Waals surface area contributed by atoms with Gasteiger partial charge in [-0.15, -0.1) is 11.3 Å². The van der Waals surface area contributed by atoms with Crippen molar-refractivity contribution in [2.24, 2.45) is 0 Å². The summed E-state index contributed by atoms with van der Waals surface area (Å²) in [6.07, 6.45) is 2.98. The third kappa shape index (κ3) is 5.64. The number of likely N-dealkylation sites (tertiary alicyclic amines) is 1. The molecule has 0 unspecified atom stereocenters. The van der Waals surface area contributed by atoms with Crippen LogP contribution in [-0.4, -0.2) is 44.9 Å². The number of thiophene rings is 1. The highest BCUT2D eigenvalue weighted by Gasteiger charge is 2.22. The molecule has 1 aromatic carbocycles. The van der Waals surface area contributed by atoms with E-state index in [0.717, 1.165) is 43.8 Å². The third-order valence-corrected chi connectivity index (χ3v) is 7.16. The molecule has 6 nitrogen and oxygen atoms in total. The molecule has 0 atom stereocenters. The van der Waals surface area contributed by atoms with Crippen molar-refractivity contribution in [1.82, 2.24) is 14.9 Å². The van der Waals surface area contributed by atoms with E-state index in [1.165, 1.54) is 23.5 Å². The average Bonchev–Trinajstić information content (AvgIpc) is 3.22. The molecule has 1 aliphatic heterocycles. The van der Waals surface area contributed by atoms with Gasteiger partial charge in [0.15, 0.2) is 0 Å². The van der Waals surface area contributed by atoms with Crippen LogP contribution in [0.15, 0.2) is 46.7 Å². The van der Waals surface area contributed by atoms with E-state index in [9.17, 15) is 13.2 Å². The normalized spacial score (nSPS) is 16.2. The van der Waals surface area contributed by atoms with Crippen molar-refractivity contribution in [2.75, 3.05) is 19.6 Å². The summed E-state index contributed by atoms with van der Waals surface area (Å²) in [5.74, 6) is -0.218. The predicted octanol–water partition coefficient (Wildman–Crippen LogP) is 2.83. The first-order valence-electron chi connectivity index (χ1n) is 9.63. The molecule has 0 bridgehead atoms. The van der Waals surface area contributed by atoms with Crippen molar-refractivity contribution in [3.8, 4) is 0 Å². The van der Waals surface area contributed by atoms with Gasteiger partial charge in [0.2, 0.25) is 10.0 Å². The van der Waals surface area contributed by atoms with Gasteiger partial charge in [-0.2, -0.15) is 0 Å². The Morgan fingerprint density at radius 3 is 2.68 bits per heavy atom. The van der Waals surface area contributed by atoms with Crippen LogP contribution in [-0.2, 0) is 16.6 Å². The van der Waals surface area contributed by atoms with Crippen LogP contribution in [0.1, 0.15) is 41.4 Å². The van der Waals surface area contributed by atoms with Crippen LogP contribution in [0.25, 0.3) is 0 Å². The molecule has 2 heterocycles. The summed E-state index contributed by atoms with van der Waals surface area (Å²) in [6, 6.07) is 10.1. The topological polar surface area (TPSA) is 78.5 Å². The van der Waals surface area contributed by atoms with Crippen molar-refractivity contribution in [3.63, 3.8) is 0 Å². The molecular weight excluding hydrogens is 394 g/mol. The molecule has 0 saturated carbocycles. The van der Waals surface area contributed by atoms with Gasteiger partial charge >= 0.3 is 0 Å². The molecule has 2 aromatic rings. The van der Waals surface area contributed by atoms with E-state index < -0.39 is 10.0 Å². The van der Waals surface area contributed by atoms with Crippen molar-refractivity contribution in [3.05, 3.63) is 52.2 Å². The Balaban J connectivity index is 1.60. The van der Waals surface area contributed by atoms with Crippen LogP contribution in [0, 0.1) is 0 Å². The number of benzene rings is 1. The smallest absolute Gasteiger partial charge is 0.251 e. The number of hydrogen-bond acceptors (Lipinski definition) is 5. The summed E-state index contributed by atoms with van der Waals surface area (Å²) in [5, 5.41) is 4.96. The fraction of sp³-hybridized carbons (Fsp3) is 0.450. The van der Waals surface area contributed by atoms with Gasteiger partial charge in [0.25, 0.3) is 5.91 Å². The summed E-state index contributed by atoms with van der Waals surface area (Å²) < 4.78 is 27.7. The number of nitrogens with zero attached hydrogens (tertiary/aromatic N) is 1. The molecule has 0 radical (unpaired) electrons. The Morgan fingerprint density at radius 1 is 1.21 bits per heavy atom. The first-order chi connectivity index (χ1) is 13.5. The number of nitrogens with one attached hydrogen (secondary N) is 2. The summed E-state index contributed by atoms with van der Waals surface area (Å²) in [5.41, 5.74) is 0.370. The van der Waals surface area contributed by atoms with Gasteiger partial charge in [-0.05, 0) is 55.5 Å². The summed E-state index contributed by atoms with van der Waals surface area (Å²) in [4.78, 5) is 16.1. The summed E-state index contributed by atoms with van der Waals surface area (Å²) in [7, 11) is -3.67. The molecule has 1 aromatic heterocycles. The van der Waals surface area contributed by atoms with Gasteiger partial charge in [0, 0.05) is 36.1 Å². The number of piperidine rings is 1. The lowest BCUT2D eigenvalue weighted by atomic mass is 10.0. The highest BCUT2D eigenvalue weighted by Crippen LogP contribution is 2.16. The molecule has 0 aliphatic carbocycles. The molecule has 1 amide bonds. The van der Waals surface area contributed by atoms with Crippen molar-refractivity contribution >= 4 is 27.3 Å². The van der Waals surface area contributed by atoms with Gasteiger partial charge in [-0.25, -0.2) is 13.1 Å². The van der Waals surface area contributed by atoms with E-state index in [1.807, 2.05) is 17.5 Å². The standard InChI is InChI=1S/C20H27N3O3S2/c1-2-10-23-11-8-17(9-12-23)22-20(24)16-5-3-7-19(14-16)28(25,26)21-15-18-6-4-13-27-18/h3-7,13-14,17,21H,2,8-12,15H2,1H3,(H,22,24). The molecular formula is C20H27N3O3S2. The van der Waals surface area contributed by atoms with Crippen LogP contribution in [0.4, 0.5) is 0 Å². The Kier molecular flexibility index (Phi) is 7.23. The minimum atomic E-state index is -3.67. The van der Waals surface area contributed by atoms with Gasteiger partial charge in [-0.1, -0.05) is 19.1 Å². The van der Waals surface area contributed by atoms with Crippen LogP contribution in [0.3, 0.4) is 0 Å². The maximum absolute atomic E-state index is 12.6. The Bertz CT molecular complexity index is 874. The summed E-state index contributed by atoms with van der Waals surface area (Å²) in [6.45, 7) is 5.48. The number of rotatable bonds is 8. The summed E-state index contributed by atoms with van der Waals surface area (Å²) >= 11 is 1.49. The lowest BCUT2D eigenvalue weighted by molar-refractivity contribution is 0.0911.